The molecule has 0 unspecified atom stereocenters. The topological polar surface area (TPSA) is 125 Å². The number of aromatic nitrogens is 2. The van der Waals surface area contributed by atoms with E-state index in [0.717, 1.165) is 11.1 Å². The van der Waals surface area contributed by atoms with Crippen LogP contribution in [0.25, 0.3) is 0 Å². The molecule has 178 valence electrons. The molecule has 0 aliphatic carbocycles. The Bertz CT molecular complexity index is 1220. The first-order chi connectivity index (χ1) is 16.3. The average Bonchev–Trinajstić information content (AvgIpc) is 3.30. The number of benzene rings is 1. The van der Waals surface area contributed by atoms with Gasteiger partial charge in [-0.3, -0.25) is 9.59 Å². The number of ether oxygens (including phenoxy) is 1. The van der Waals surface area contributed by atoms with Gasteiger partial charge in [0.2, 0.25) is 5.91 Å². The summed E-state index contributed by atoms with van der Waals surface area (Å²) in [5.41, 5.74) is 2.91. The van der Waals surface area contributed by atoms with Crippen molar-refractivity contribution in [2.75, 3.05) is 29.2 Å². The third-order valence-corrected chi connectivity index (χ3v) is 6.69. The van der Waals surface area contributed by atoms with Gasteiger partial charge in [0, 0.05) is 24.7 Å². The summed E-state index contributed by atoms with van der Waals surface area (Å²) in [4.78, 5) is 34.5. The number of phenolic OH excluding ortho intramolecular Hbond substituents is 1. The van der Waals surface area contributed by atoms with E-state index in [0.29, 0.717) is 59.0 Å². The van der Waals surface area contributed by atoms with Crippen LogP contribution in [0.4, 0.5) is 22.5 Å². The van der Waals surface area contributed by atoms with Crippen molar-refractivity contribution in [2.24, 2.45) is 5.92 Å². The molecule has 0 atom stereocenters. The fourth-order valence-electron chi connectivity index (χ4n) is 3.65. The number of anilines is 4. The van der Waals surface area contributed by atoms with Gasteiger partial charge in [-0.1, -0.05) is 23.5 Å². The molecule has 4 N–H and O–H groups in total. The lowest BCUT2D eigenvalue weighted by Crippen LogP contribution is -2.28. The Hall–Kier alpha value is -3.50. The highest BCUT2D eigenvalue weighted by Crippen LogP contribution is 2.30. The molecule has 9 nitrogen and oxygen atoms in total. The quantitative estimate of drug-likeness (QED) is 0.408. The molecule has 2 aromatic heterocycles. The van der Waals surface area contributed by atoms with Crippen LogP contribution in [0.3, 0.4) is 0 Å². The number of hydrogen-bond donors (Lipinski definition) is 4. The van der Waals surface area contributed by atoms with Crippen LogP contribution < -0.4 is 16.0 Å². The van der Waals surface area contributed by atoms with Gasteiger partial charge in [-0.15, -0.1) is 0 Å². The van der Waals surface area contributed by atoms with Crippen LogP contribution in [0, 0.1) is 26.7 Å². The lowest BCUT2D eigenvalue weighted by Gasteiger charge is -2.21. The highest BCUT2D eigenvalue weighted by atomic mass is 32.1. The number of aryl methyl sites for hydroxylation is 2. The number of nitrogens with zero attached hydrogens (tertiary/aromatic N) is 2. The van der Waals surface area contributed by atoms with E-state index in [4.69, 9.17) is 4.74 Å². The molecule has 1 aliphatic heterocycles. The molecule has 3 heterocycles. The summed E-state index contributed by atoms with van der Waals surface area (Å²) in [7, 11) is 0. The van der Waals surface area contributed by atoms with Crippen molar-refractivity contribution in [1.29, 1.82) is 0 Å². The zero-order valence-electron chi connectivity index (χ0n) is 19.3. The second-order valence-corrected chi connectivity index (χ2v) is 9.28. The lowest BCUT2D eigenvalue weighted by atomic mass is 9.99. The van der Waals surface area contributed by atoms with Gasteiger partial charge >= 0.3 is 0 Å². The number of carbonyl (C=O) groups excluding carboxylic acids is 2. The molecule has 34 heavy (non-hydrogen) atoms. The van der Waals surface area contributed by atoms with Crippen LogP contribution >= 0.6 is 11.3 Å². The van der Waals surface area contributed by atoms with Crippen molar-refractivity contribution >= 4 is 45.6 Å². The SMILES string of the molecule is Cc1ccc(NC(=O)C2CCOCC2)nc1Nc1ncc(C(=O)Nc2c(C)ccc(O)c2C)s1. The van der Waals surface area contributed by atoms with Gasteiger partial charge in [0.05, 0.1) is 11.9 Å². The molecule has 1 saturated heterocycles. The van der Waals surface area contributed by atoms with E-state index in [1.165, 1.54) is 17.5 Å². The Morgan fingerprint density at radius 3 is 2.56 bits per heavy atom. The fourth-order valence-corrected chi connectivity index (χ4v) is 4.37. The minimum atomic E-state index is -0.315. The van der Waals surface area contributed by atoms with Crippen LogP contribution in [-0.4, -0.2) is 40.1 Å². The minimum absolute atomic E-state index is 0.0589. The van der Waals surface area contributed by atoms with Gasteiger partial charge in [-0.2, -0.15) is 0 Å². The Kier molecular flexibility index (Phi) is 7.09. The molecular weight excluding hydrogens is 454 g/mol. The van der Waals surface area contributed by atoms with Crippen LogP contribution in [0.5, 0.6) is 5.75 Å². The first-order valence-electron chi connectivity index (χ1n) is 11.0. The van der Waals surface area contributed by atoms with E-state index in [-0.39, 0.29) is 23.5 Å². The Balaban J connectivity index is 1.44. The summed E-state index contributed by atoms with van der Waals surface area (Å²) >= 11 is 1.18. The number of nitrogens with one attached hydrogen (secondary N) is 3. The second-order valence-electron chi connectivity index (χ2n) is 8.25. The number of rotatable bonds is 6. The number of phenols is 1. The molecule has 0 bridgehead atoms. The Morgan fingerprint density at radius 1 is 1.06 bits per heavy atom. The largest absolute Gasteiger partial charge is 0.508 e. The molecule has 2 amide bonds. The van der Waals surface area contributed by atoms with Gasteiger partial charge in [0.1, 0.15) is 22.3 Å². The van der Waals surface area contributed by atoms with Gasteiger partial charge in [-0.25, -0.2) is 9.97 Å². The van der Waals surface area contributed by atoms with Crippen LogP contribution in [0.1, 0.15) is 39.2 Å². The fraction of sp³-hybridized carbons (Fsp3) is 0.333. The zero-order valence-corrected chi connectivity index (χ0v) is 20.1. The van der Waals surface area contributed by atoms with E-state index in [1.54, 1.807) is 25.1 Å². The van der Waals surface area contributed by atoms with Crippen molar-refractivity contribution in [3.8, 4) is 5.75 Å². The van der Waals surface area contributed by atoms with E-state index in [1.807, 2.05) is 19.9 Å². The first-order valence-corrected chi connectivity index (χ1v) is 11.8. The summed E-state index contributed by atoms with van der Waals surface area (Å²) in [6.45, 7) is 6.70. The van der Waals surface area contributed by atoms with E-state index >= 15 is 0 Å². The number of amides is 2. The summed E-state index contributed by atoms with van der Waals surface area (Å²) < 4.78 is 5.32. The minimum Gasteiger partial charge on any atom is -0.508 e. The monoisotopic (exact) mass is 481 g/mol. The maximum atomic E-state index is 12.8. The van der Waals surface area contributed by atoms with Crippen molar-refractivity contribution in [3.05, 3.63) is 52.0 Å². The van der Waals surface area contributed by atoms with Crippen LogP contribution in [0.2, 0.25) is 0 Å². The molecule has 1 aromatic carbocycles. The summed E-state index contributed by atoms with van der Waals surface area (Å²) in [6.07, 6.45) is 2.89. The van der Waals surface area contributed by atoms with E-state index in [2.05, 4.69) is 25.9 Å². The number of carbonyl (C=O) groups is 2. The molecule has 3 aromatic rings. The number of hydrogen-bond acceptors (Lipinski definition) is 8. The van der Waals surface area contributed by atoms with E-state index in [9.17, 15) is 14.7 Å². The molecule has 10 heteroatoms. The molecule has 4 rings (SSSR count). The standard InChI is InChI=1S/C24H27N5O4S/c1-13-4-6-17(30)15(3)20(13)28-23(32)18-12-25-24(34-18)29-21-14(2)5-7-19(26-21)27-22(31)16-8-10-33-11-9-16/h4-7,12,16,30H,8-11H2,1-3H3,(H,28,32)(H2,25,26,27,29,31). The second kappa shape index (κ2) is 10.2. The predicted molar refractivity (Wildman–Crippen MR) is 132 cm³/mol. The maximum Gasteiger partial charge on any atom is 0.267 e. The third-order valence-electron chi connectivity index (χ3n) is 5.78. The number of pyridine rings is 1. The van der Waals surface area contributed by atoms with Crippen molar-refractivity contribution in [2.45, 2.75) is 33.6 Å². The smallest absolute Gasteiger partial charge is 0.267 e. The van der Waals surface area contributed by atoms with Crippen LogP contribution in [0.15, 0.2) is 30.5 Å². The average molecular weight is 482 g/mol. The lowest BCUT2D eigenvalue weighted by molar-refractivity contribution is -0.122. The van der Waals surface area contributed by atoms with Gasteiger partial charge in [-0.05, 0) is 56.9 Å². The molecule has 1 aliphatic rings. The van der Waals surface area contributed by atoms with Gasteiger partial charge in [0.15, 0.2) is 5.13 Å². The van der Waals surface area contributed by atoms with Crippen LogP contribution in [-0.2, 0) is 9.53 Å². The van der Waals surface area contributed by atoms with Crippen molar-refractivity contribution in [1.82, 2.24) is 9.97 Å². The molecule has 0 spiro atoms. The molecular formula is C24H27N5O4S. The normalized spacial score (nSPS) is 14.0. The molecule has 0 saturated carbocycles. The number of thiazole rings is 1. The molecule has 1 fully saturated rings. The zero-order chi connectivity index (χ0) is 24.2. The summed E-state index contributed by atoms with van der Waals surface area (Å²) in [5, 5.41) is 19.3. The maximum absolute atomic E-state index is 12.8. The van der Waals surface area contributed by atoms with Gasteiger partial charge in [0.25, 0.3) is 5.91 Å². The third kappa shape index (κ3) is 5.35. The first kappa shape index (κ1) is 23.7. The number of aromatic hydroxyl groups is 1. The Morgan fingerprint density at radius 2 is 1.79 bits per heavy atom. The summed E-state index contributed by atoms with van der Waals surface area (Å²) in [6, 6.07) is 6.98. The van der Waals surface area contributed by atoms with E-state index < -0.39 is 0 Å². The highest BCUT2D eigenvalue weighted by molar-refractivity contribution is 7.17. The predicted octanol–water partition coefficient (Wildman–Crippen LogP) is 4.53. The highest BCUT2D eigenvalue weighted by Gasteiger charge is 2.22. The van der Waals surface area contributed by atoms with Crippen molar-refractivity contribution in [3.63, 3.8) is 0 Å². The van der Waals surface area contributed by atoms with Gasteiger partial charge < -0.3 is 25.8 Å². The Labute approximate surface area is 201 Å². The molecule has 0 radical (unpaired) electrons. The van der Waals surface area contributed by atoms with Crippen molar-refractivity contribution < 1.29 is 19.4 Å². The summed E-state index contributed by atoms with van der Waals surface area (Å²) in [5.74, 6) is 0.672.